The number of hydrogen-bond donors (Lipinski definition) is 1. The fraction of sp³-hybridized carbons (Fsp3) is 0.375. The van der Waals surface area contributed by atoms with Gasteiger partial charge in [0.05, 0.1) is 18.2 Å². The number of rotatable bonds is 10. The van der Waals surface area contributed by atoms with Crippen LogP contribution in [0.4, 0.5) is 0 Å². The quantitative estimate of drug-likeness (QED) is 0.543. The first-order valence-electron chi connectivity index (χ1n) is 10.8. The van der Waals surface area contributed by atoms with E-state index < -0.39 is 0 Å². The number of nitrogens with one attached hydrogen (secondary N) is 1. The van der Waals surface area contributed by atoms with Crippen LogP contribution in [0.5, 0.6) is 5.75 Å². The Morgan fingerprint density at radius 1 is 1.06 bits per heavy atom. The Labute approximate surface area is 182 Å². The maximum absolute atomic E-state index is 13.0. The van der Waals surface area contributed by atoms with Crippen molar-refractivity contribution in [2.75, 3.05) is 33.3 Å². The van der Waals surface area contributed by atoms with Crippen LogP contribution in [0.3, 0.4) is 0 Å². The van der Waals surface area contributed by atoms with Crippen molar-refractivity contribution in [3.05, 3.63) is 64.6 Å². The standard InChI is InChI=1S/C24H30N4O3/c1-4-6-16-27(5-2)17-15-25-23(29)22-20-9-7-8-10-21(20)24(30)28(26-22)18-11-13-19(31-3)14-12-18/h7-14H,4-6,15-17H2,1-3H3,(H,25,29). The molecule has 3 aromatic rings. The number of carbonyl (C=O) groups excluding carboxylic acids is 1. The molecule has 0 fully saturated rings. The van der Waals surface area contributed by atoms with Crippen molar-refractivity contribution in [1.82, 2.24) is 20.0 Å². The van der Waals surface area contributed by atoms with Crippen LogP contribution in [-0.4, -0.2) is 53.9 Å². The molecule has 0 aliphatic rings. The lowest BCUT2D eigenvalue weighted by atomic mass is 10.1. The summed E-state index contributed by atoms with van der Waals surface area (Å²) in [5.41, 5.74) is 0.541. The number of likely N-dealkylation sites (N-methyl/N-ethyl adjacent to an activating group) is 1. The van der Waals surface area contributed by atoms with Crippen LogP contribution < -0.4 is 15.6 Å². The van der Waals surface area contributed by atoms with Gasteiger partial charge in [0.25, 0.3) is 11.5 Å². The molecule has 7 heteroatoms. The van der Waals surface area contributed by atoms with Crippen LogP contribution in [0.15, 0.2) is 53.3 Å². The summed E-state index contributed by atoms with van der Waals surface area (Å²) >= 11 is 0. The Morgan fingerprint density at radius 2 is 1.77 bits per heavy atom. The molecule has 1 amide bonds. The number of aromatic nitrogens is 2. The summed E-state index contributed by atoms with van der Waals surface area (Å²) in [4.78, 5) is 28.4. The van der Waals surface area contributed by atoms with Gasteiger partial charge in [-0.15, -0.1) is 0 Å². The van der Waals surface area contributed by atoms with Gasteiger partial charge in [-0.25, -0.2) is 0 Å². The fourth-order valence-corrected chi connectivity index (χ4v) is 3.48. The highest BCUT2D eigenvalue weighted by Gasteiger charge is 2.17. The summed E-state index contributed by atoms with van der Waals surface area (Å²) in [5, 5.41) is 8.41. The van der Waals surface area contributed by atoms with Crippen molar-refractivity contribution in [3.63, 3.8) is 0 Å². The number of nitrogens with zero attached hydrogens (tertiary/aromatic N) is 3. The second kappa shape index (κ2) is 10.7. The van der Waals surface area contributed by atoms with Crippen LogP contribution in [0.1, 0.15) is 37.2 Å². The third kappa shape index (κ3) is 5.30. The van der Waals surface area contributed by atoms with Crippen molar-refractivity contribution in [1.29, 1.82) is 0 Å². The van der Waals surface area contributed by atoms with Gasteiger partial charge in [-0.1, -0.05) is 38.5 Å². The van der Waals surface area contributed by atoms with Gasteiger partial charge in [0.2, 0.25) is 0 Å². The van der Waals surface area contributed by atoms with Gasteiger partial charge in [0.15, 0.2) is 5.69 Å². The van der Waals surface area contributed by atoms with E-state index in [0.717, 1.165) is 32.5 Å². The zero-order valence-corrected chi connectivity index (χ0v) is 18.4. The molecule has 31 heavy (non-hydrogen) atoms. The molecule has 1 heterocycles. The van der Waals surface area contributed by atoms with Crippen molar-refractivity contribution in [2.24, 2.45) is 0 Å². The highest BCUT2D eigenvalue weighted by atomic mass is 16.5. The second-order valence-electron chi connectivity index (χ2n) is 7.35. The average molecular weight is 423 g/mol. The van der Waals surface area contributed by atoms with E-state index in [-0.39, 0.29) is 17.2 Å². The number of unbranched alkanes of at least 4 members (excludes halogenated alkanes) is 1. The Morgan fingerprint density at radius 3 is 2.42 bits per heavy atom. The molecule has 0 unspecified atom stereocenters. The third-order valence-electron chi connectivity index (χ3n) is 5.33. The first-order valence-corrected chi connectivity index (χ1v) is 10.8. The zero-order valence-electron chi connectivity index (χ0n) is 18.4. The maximum atomic E-state index is 13.0. The number of hydrogen-bond acceptors (Lipinski definition) is 5. The number of ether oxygens (including phenoxy) is 1. The van der Waals surface area contributed by atoms with E-state index in [1.165, 1.54) is 4.68 Å². The minimum Gasteiger partial charge on any atom is -0.497 e. The molecular weight excluding hydrogens is 392 g/mol. The summed E-state index contributed by atoms with van der Waals surface area (Å²) in [6.07, 6.45) is 2.28. The molecule has 0 spiro atoms. The van der Waals surface area contributed by atoms with E-state index in [2.05, 4.69) is 29.2 Å². The SMILES string of the molecule is CCCCN(CC)CCNC(=O)c1nn(-c2ccc(OC)cc2)c(=O)c2ccccc12. The molecule has 0 atom stereocenters. The van der Waals surface area contributed by atoms with E-state index in [9.17, 15) is 9.59 Å². The van der Waals surface area contributed by atoms with Crippen LogP contribution in [0.2, 0.25) is 0 Å². The molecule has 0 saturated carbocycles. The van der Waals surface area contributed by atoms with Crippen molar-refractivity contribution < 1.29 is 9.53 Å². The monoisotopic (exact) mass is 422 g/mol. The molecule has 0 bridgehead atoms. The molecule has 3 rings (SSSR count). The summed E-state index contributed by atoms with van der Waals surface area (Å²) in [6, 6.07) is 14.1. The lowest BCUT2D eigenvalue weighted by Crippen LogP contribution is -2.36. The molecule has 0 radical (unpaired) electrons. The Bertz CT molecular complexity index is 1080. The minimum absolute atomic E-state index is 0.239. The largest absolute Gasteiger partial charge is 0.497 e. The topological polar surface area (TPSA) is 76.5 Å². The highest BCUT2D eigenvalue weighted by Crippen LogP contribution is 2.17. The lowest BCUT2D eigenvalue weighted by Gasteiger charge is -2.20. The Hall–Kier alpha value is -3.19. The van der Waals surface area contributed by atoms with Crippen LogP contribution in [0, 0.1) is 0 Å². The van der Waals surface area contributed by atoms with Crippen LogP contribution >= 0.6 is 0 Å². The van der Waals surface area contributed by atoms with E-state index in [1.807, 2.05) is 6.07 Å². The normalized spacial score (nSPS) is 11.1. The van der Waals surface area contributed by atoms with Crippen molar-refractivity contribution in [2.45, 2.75) is 26.7 Å². The van der Waals surface area contributed by atoms with Gasteiger partial charge in [0.1, 0.15) is 5.75 Å². The summed E-state index contributed by atoms with van der Waals surface area (Å²) < 4.78 is 6.46. The van der Waals surface area contributed by atoms with Gasteiger partial charge >= 0.3 is 0 Å². The number of amides is 1. The van der Waals surface area contributed by atoms with Crippen LogP contribution in [-0.2, 0) is 0 Å². The molecular formula is C24H30N4O3. The van der Waals surface area contributed by atoms with Crippen molar-refractivity contribution >= 4 is 16.7 Å². The minimum atomic E-state index is -0.287. The number of methoxy groups -OCH3 is 1. The van der Waals surface area contributed by atoms with Gasteiger partial charge in [0, 0.05) is 18.5 Å². The molecule has 0 aliphatic heterocycles. The van der Waals surface area contributed by atoms with E-state index in [4.69, 9.17) is 4.74 Å². The molecule has 164 valence electrons. The Kier molecular flexibility index (Phi) is 7.78. The fourth-order valence-electron chi connectivity index (χ4n) is 3.48. The van der Waals surface area contributed by atoms with E-state index in [1.54, 1.807) is 49.6 Å². The Balaban J connectivity index is 1.89. The summed E-state index contributed by atoms with van der Waals surface area (Å²) in [6.45, 7) is 7.56. The number of fused-ring (bicyclic) bond motifs is 1. The average Bonchev–Trinajstić information content (AvgIpc) is 2.81. The maximum Gasteiger partial charge on any atom is 0.279 e. The first-order chi connectivity index (χ1) is 15.1. The molecule has 0 aliphatic carbocycles. The molecule has 2 aromatic carbocycles. The molecule has 7 nitrogen and oxygen atoms in total. The number of benzene rings is 2. The zero-order chi connectivity index (χ0) is 22.2. The second-order valence-corrected chi connectivity index (χ2v) is 7.35. The first kappa shape index (κ1) is 22.5. The van der Waals surface area contributed by atoms with Gasteiger partial charge in [-0.2, -0.15) is 9.78 Å². The summed E-state index contributed by atoms with van der Waals surface area (Å²) in [7, 11) is 1.58. The molecule has 1 N–H and O–H groups in total. The van der Waals surface area contributed by atoms with Crippen LogP contribution in [0.25, 0.3) is 16.5 Å². The van der Waals surface area contributed by atoms with Gasteiger partial charge < -0.3 is 15.0 Å². The lowest BCUT2D eigenvalue weighted by molar-refractivity contribution is 0.0943. The molecule has 0 saturated heterocycles. The number of carbonyl (C=O) groups is 1. The smallest absolute Gasteiger partial charge is 0.279 e. The highest BCUT2D eigenvalue weighted by molar-refractivity contribution is 6.04. The third-order valence-corrected chi connectivity index (χ3v) is 5.33. The van der Waals surface area contributed by atoms with Gasteiger partial charge in [-0.05, 0) is 49.8 Å². The van der Waals surface area contributed by atoms with E-state index in [0.29, 0.717) is 28.8 Å². The summed E-state index contributed by atoms with van der Waals surface area (Å²) in [5.74, 6) is 0.393. The van der Waals surface area contributed by atoms with Crippen molar-refractivity contribution in [3.8, 4) is 11.4 Å². The predicted molar refractivity (Wildman–Crippen MR) is 123 cm³/mol. The molecule has 1 aromatic heterocycles. The predicted octanol–water partition coefficient (Wildman–Crippen LogP) is 3.25. The van der Waals surface area contributed by atoms with E-state index >= 15 is 0 Å². The van der Waals surface area contributed by atoms with Gasteiger partial charge in [-0.3, -0.25) is 9.59 Å².